The Kier molecular flexibility index (Phi) is 4.26. The van der Waals surface area contributed by atoms with E-state index in [-0.39, 0.29) is 35.2 Å². The van der Waals surface area contributed by atoms with Crippen molar-refractivity contribution in [2.75, 3.05) is 0 Å². The Bertz CT molecular complexity index is 899. The van der Waals surface area contributed by atoms with Crippen LogP contribution in [-0.2, 0) is 4.79 Å². The topological polar surface area (TPSA) is 17.1 Å². The quantitative estimate of drug-likeness (QED) is 0.643. The highest BCUT2D eigenvalue weighted by molar-refractivity contribution is 6.02. The second-order valence-corrected chi connectivity index (χ2v) is 7.90. The van der Waals surface area contributed by atoms with E-state index in [9.17, 15) is 13.6 Å². The predicted molar refractivity (Wildman–Crippen MR) is 99.3 cm³/mol. The number of Topliss-reactive ketones (excluding diaryl/α,β-unsaturated/α-hetero) is 1. The number of allylic oxidation sites excluding steroid dienone is 2. The van der Waals surface area contributed by atoms with Gasteiger partial charge in [0.05, 0.1) is 0 Å². The standard InChI is InChI=1S/C23H22F2O/c1-23-10-4-9-21(23)22(26)13-19(15-5-2-7-17(24)11-15)20(14-23)16-6-3-8-18(25)12-16/h2-3,5-8,11-12,21H,4,9-10,13-14H2,1H3/t21-,23+/m0/s1. The van der Waals surface area contributed by atoms with Gasteiger partial charge >= 0.3 is 0 Å². The molecule has 0 N–H and O–H groups in total. The lowest BCUT2D eigenvalue weighted by Gasteiger charge is -2.30. The highest BCUT2D eigenvalue weighted by atomic mass is 19.1. The smallest absolute Gasteiger partial charge is 0.140 e. The summed E-state index contributed by atoms with van der Waals surface area (Å²) in [5.41, 5.74) is 3.24. The Labute approximate surface area is 152 Å². The third-order valence-electron chi connectivity index (χ3n) is 6.11. The van der Waals surface area contributed by atoms with Crippen LogP contribution in [0.5, 0.6) is 0 Å². The first-order chi connectivity index (χ1) is 12.5. The predicted octanol–water partition coefficient (Wildman–Crippen LogP) is 6.04. The molecular weight excluding hydrogens is 330 g/mol. The normalized spacial score (nSPS) is 26.0. The van der Waals surface area contributed by atoms with E-state index >= 15 is 0 Å². The van der Waals surface area contributed by atoms with Gasteiger partial charge in [0.1, 0.15) is 17.4 Å². The van der Waals surface area contributed by atoms with Crippen LogP contribution < -0.4 is 0 Å². The monoisotopic (exact) mass is 352 g/mol. The number of carbonyl (C=O) groups is 1. The molecule has 0 heterocycles. The second kappa shape index (κ2) is 6.46. The van der Waals surface area contributed by atoms with Gasteiger partial charge in [0.15, 0.2) is 0 Å². The summed E-state index contributed by atoms with van der Waals surface area (Å²) in [5, 5.41) is 0. The van der Waals surface area contributed by atoms with Gasteiger partial charge in [-0.05, 0) is 71.2 Å². The van der Waals surface area contributed by atoms with Crippen LogP contribution in [0.3, 0.4) is 0 Å². The van der Waals surface area contributed by atoms with Crippen molar-refractivity contribution in [2.45, 2.75) is 39.0 Å². The lowest BCUT2D eigenvalue weighted by atomic mass is 9.73. The summed E-state index contributed by atoms with van der Waals surface area (Å²) in [4.78, 5) is 13.0. The number of hydrogen-bond acceptors (Lipinski definition) is 1. The zero-order valence-electron chi connectivity index (χ0n) is 14.9. The number of fused-ring (bicyclic) bond motifs is 1. The van der Waals surface area contributed by atoms with Crippen LogP contribution in [0.1, 0.15) is 50.2 Å². The van der Waals surface area contributed by atoms with E-state index in [1.165, 1.54) is 24.3 Å². The van der Waals surface area contributed by atoms with Gasteiger partial charge in [0.25, 0.3) is 0 Å². The van der Waals surface area contributed by atoms with Crippen molar-refractivity contribution in [1.82, 2.24) is 0 Å². The molecule has 0 unspecified atom stereocenters. The molecule has 0 aliphatic heterocycles. The minimum absolute atomic E-state index is 0.0390. The van der Waals surface area contributed by atoms with E-state index in [0.29, 0.717) is 0 Å². The maximum atomic E-state index is 13.9. The van der Waals surface area contributed by atoms with Gasteiger partial charge in [0.2, 0.25) is 0 Å². The zero-order chi connectivity index (χ0) is 18.3. The first-order valence-corrected chi connectivity index (χ1v) is 9.23. The van der Waals surface area contributed by atoms with Crippen LogP contribution in [0.25, 0.3) is 11.1 Å². The van der Waals surface area contributed by atoms with Crippen molar-refractivity contribution >= 4 is 16.9 Å². The van der Waals surface area contributed by atoms with Gasteiger partial charge in [-0.2, -0.15) is 0 Å². The molecule has 0 aromatic heterocycles. The third-order valence-corrected chi connectivity index (χ3v) is 6.11. The van der Waals surface area contributed by atoms with Crippen molar-refractivity contribution in [3.63, 3.8) is 0 Å². The first kappa shape index (κ1) is 17.1. The summed E-state index contributed by atoms with van der Waals surface area (Å²) < 4.78 is 27.8. The minimum atomic E-state index is -0.323. The lowest BCUT2D eigenvalue weighted by molar-refractivity contribution is -0.124. The van der Waals surface area contributed by atoms with E-state index in [1.807, 2.05) is 12.1 Å². The fourth-order valence-electron chi connectivity index (χ4n) is 4.81. The molecule has 0 spiro atoms. The molecule has 3 heteroatoms. The molecule has 0 saturated heterocycles. The molecule has 0 amide bonds. The number of ketones is 1. The van der Waals surface area contributed by atoms with Gasteiger partial charge in [-0.3, -0.25) is 4.79 Å². The van der Waals surface area contributed by atoms with Crippen LogP contribution in [0.2, 0.25) is 0 Å². The van der Waals surface area contributed by atoms with E-state index in [4.69, 9.17) is 0 Å². The molecule has 26 heavy (non-hydrogen) atoms. The largest absolute Gasteiger partial charge is 0.299 e. The van der Waals surface area contributed by atoms with Crippen molar-refractivity contribution in [3.05, 3.63) is 71.3 Å². The van der Waals surface area contributed by atoms with Gasteiger partial charge in [-0.25, -0.2) is 8.78 Å². The molecule has 0 radical (unpaired) electrons. The number of rotatable bonds is 2. The molecule has 2 aromatic rings. The fraction of sp³-hybridized carbons (Fsp3) is 0.348. The van der Waals surface area contributed by atoms with Crippen molar-refractivity contribution in [1.29, 1.82) is 0 Å². The summed E-state index contributed by atoms with van der Waals surface area (Å²) in [5.74, 6) is -0.346. The minimum Gasteiger partial charge on any atom is -0.299 e. The Morgan fingerprint density at radius 1 is 0.962 bits per heavy atom. The average Bonchev–Trinajstić information content (AvgIpc) is 2.95. The molecular formula is C23H22F2O. The van der Waals surface area contributed by atoms with Gasteiger partial charge in [-0.1, -0.05) is 37.6 Å². The molecule has 2 aromatic carbocycles. The first-order valence-electron chi connectivity index (χ1n) is 9.23. The average molecular weight is 352 g/mol. The zero-order valence-corrected chi connectivity index (χ0v) is 14.9. The summed E-state index contributed by atoms with van der Waals surface area (Å²) in [7, 11) is 0. The number of benzene rings is 2. The van der Waals surface area contributed by atoms with Crippen molar-refractivity contribution in [2.24, 2.45) is 11.3 Å². The second-order valence-electron chi connectivity index (χ2n) is 7.90. The summed E-state index contributed by atoms with van der Waals surface area (Å²) in [6.07, 6.45) is 3.98. The summed E-state index contributed by atoms with van der Waals surface area (Å²) >= 11 is 0. The molecule has 134 valence electrons. The summed E-state index contributed by atoms with van der Waals surface area (Å²) in [6.45, 7) is 2.18. The molecule has 1 nitrogen and oxygen atoms in total. The highest BCUT2D eigenvalue weighted by Gasteiger charge is 2.45. The van der Waals surface area contributed by atoms with Gasteiger partial charge < -0.3 is 0 Å². The fourth-order valence-corrected chi connectivity index (χ4v) is 4.81. The Morgan fingerprint density at radius 2 is 1.58 bits per heavy atom. The molecule has 1 fully saturated rings. The third kappa shape index (κ3) is 3.00. The SMILES string of the molecule is C[C@]12CCC[C@H]1C(=O)CC(c1cccc(F)c1)=C(c1cccc(F)c1)C2. The summed E-state index contributed by atoms with van der Waals surface area (Å²) in [6, 6.07) is 12.9. The van der Waals surface area contributed by atoms with Gasteiger partial charge in [0, 0.05) is 12.3 Å². The van der Waals surface area contributed by atoms with Crippen LogP contribution >= 0.6 is 0 Å². The maximum absolute atomic E-state index is 13.9. The molecule has 2 aliphatic rings. The Hall–Kier alpha value is -2.29. The maximum Gasteiger partial charge on any atom is 0.140 e. The van der Waals surface area contributed by atoms with E-state index in [0.717, 1.165) is 48.0 Å². The number of carbonyl (C=O) groups excluding carboxylic acids is 1. The van der Waals surface area contributed by atoms with E-state index < -0.39 is 0 Å². The van der Waals surface area contributed by atoms with Crippen LogP contribution in [0.4, 0.5) is 8.78 Å². The molecule has 0 bridgehead atoms. The van der Waals surface area contributed by atoms with E-state index in [1.54, 1.807) is 12.1 Å². The Morgan fingerprint density at radius 3 is 2.19 bits per heavy atom. The lowest BCUT2D eigenvalue weighted by Crippen LogP contribution is -2.27. The highest BCUT2D eigenvalue weighted by Crippen LogP contribution is 2.53. The van der Waals surface area contributed by atoms with Gasteiger partial charge in [-0.15, -0.1) is 0 Å². The molecule has 2 atom stereocenters. The van der Waals surface area contributed by atoms with Crippen molar-refractivity contribution in [3.8, 4) is 0 Å². The molecule has 2 aliphatic carbocycles. The van der Waals surface area contributed by atoms with Crippen LogP contribution in [0, 0.1) is 23.0 Å². The molecule has 1 saturated carbocycles. The number of halogens is 2. The molecule has 4 rings (SSSR count). The van der Waals surface area contributed by atoms with E-state index in [2.05, 4.69) is 6.92 Å². The number of hydrogen-bond donors (Lipinski definition) is 0. The van der Waals surface area contributed by atoms with Crippen molar-refractivity contribution < 1.29 is 13.6 Å². The van der Waals surface area contributed by atoms with Crippen LogP contribution in [0.15, 0.2) is 48.5 Å². The van der Waals surface area contributed by atoms with Crippen LogP contribution in [-0.4, -0.2) is 5.78 Å². The Balaban J connectivity index is 1.93.